The molecule has 2 aromatic carbocycles. The van der Waals surface area contributed by atoms with E-state index < -0.39 is 0 Å². The summed E-state index contributed by atoms with van der Waals surface area (Å²) in [6, 6.07) is 18.6. The van der Waals surface area contributed by atoms with Gasteiger partial charge in [0.05, 0.1) is 0 Å². The average molecular weight is 374 g/mol. The topological polar surface area (TPSA) is 49.4 Å². The first kappa shape index (κ1) is 18.5. The normalized spacial score (nSPS) is 21.8. The van der Waals surface area contributed by atoms with Crippen LogP contribution in [0, 0.1) is 5.92 Å². The molecular formula is C24H26N2O2. The maximum atomic E-state index is 13.4. The van der Waals surface area contributed by atoms with Crippen molar-refractivity contribution in [3.05, 3.63) is 83.9 Å². The Morgan fingerprint density at radius 1 is 1.14 bits per heavy atom. The van der Waals surface area contributed by atoms with Gasteiger partial charge in [0.25, 0.3) is 0 Å². The number of benzene rings is 2. The molecule has 1 spiro atoms. The van der Waals surface area contributed by atoms with Gasteiger partial charge in [0, 0.05) is 31.0 Å². The van der Waals surface area contributed by atoms with Crippen LogP contribution in [0.2, 0.25) is 0 Å². The van der Waals surface area contributed by atoms with Gasteiger partial charge in [-0.15, -0.1) is 0 Å². The number of fused-ring (bicyclic) bond motifs is 2. The molecule has 0 saturated heterocycles. The van der Waals surface area contributed by atoms with Gasteiger partial charge in [-0.05, 0) is 42.0 Å². The van der Waals surface area contributed by atoms with E-state index in [1.165, 1.54) is 17.2 Å². The highest BCUT2D eigenvalue weighted by Gasteiger charge is 2.61. The van der Waals surface area contributed by atoms with Gasteiger partial charge in [0.2, 0.25) is 11.8 Å². The minimum absolute atomic E-state index is 0.0347. The molecule has 2 aliphatic carbocycles. The van der Waals surface area contributed by atoms with Crippen molar-refractivity contribution in [2.45, 2.75) is 31.2 Å². The quantitative estimate of drug-likeness (QED) is 0.757. The fraction of sp³-hybridized carbons (Fsp3) is 0.333. The van der Waals surface area contributed by atoms with Crippen LogP contribution in [0.5, 0.6) is 0 Å². The zero-order valence-electron chi connectivity index (χ0n) is 16.1. The summed E-state index contributed by atoms with van der Waals surface area (Å²) < 4.78 is 0. The molecule has 2 aromatic rings. The number of amides is 2. The zero-order chi connectivity index (χ0) is 19.6. The van der Waals surface area contributed by atoms with Gasteiger partial charge in [0.1, 0.15) is 0 Å². The smallest absolute Gasteiger partial charge is 0.243 e. The van der Waals surface area contributed by atoms with Crippen molar-refractivity contribution in [3.63, 3.8) is 0 Å². The summed E-state index contributed by atoms with van der Waals surface area (Å²) in [5.74, 6) is 0.0445. The minimum atomic E-state index is -0.209. The Hall–Kier alpha value is -2.88. The maximum Gasteiger partial charge on any atom is 0.243 e. The van der Waals surface area contributed by atoms with E-state index in [0.29, 0.717) is 19.6 Å². The first-order chi connectivity index (χ1) is 13.6. The molecule has 2 unspecified atom stereocenters. The van der Waals surface area contributed by atoms with Crippen LogP contribution in [0.15, 0.2) is 67.3 Å². The molecule has 28 heavy (non-hydrogen) atoms. The number of hydrogen-bond donors (Lipinski definition) is 1. The summed E-state index contributed by atoms with van der Waals surface area (Å²) in [4.78, 5) is 26.8. The molecule has 0 bridgehead atoms. The van der Waals surface area contributed by atoms with E-state index in [0.717, 1.165) is 24.8 Å². The van der Waals surface area contributed by atoms with E-state index in [4.69, 9.17) is 0 Å². The second kappa shape index (κ2) is 7.63. The van der Waals surface area contributed by atoms with Gasteiger partial charge in [-0.1, -0.05) is 61.2 Å². The second-order valence-corrected chi connectivity index (χ2v) is 7.81. The lowest BCUT2D eigenvalue weighted by molar-refractivity contribution is -0.134. The number of nitrogens with one attached hydrogen (secondary N) is 1. The van der Waals surface area contributed by atoms with E-state index in [-0.39, 0.29) is 23.1 Å². The molecule has 144 valence electrons. The van der Waals surface area contributed by atoms with Gasteiger partial charge < -0.3 is 10.2 Å². The summed E-state index contributed by atoms with van der Waals surface area (Å²) in [6.45, 7) is 4.98. The summed E-state index contributed by atoms with van der Waals surface area (Å²) in [5.41, 5.74) is 3.90. The molecular weight excluding hydrogens is 348 g/mol. The molecule has 2 atom stereocenters. The fourth-order valence-electron chi connectivity index (χ4n) is 4.60. The van der Waals surface area contributed by atoms with Gasteiger partial charge >= 0.3 is 0 Å². The van der Waals surface area contributed by atoms with E-state index in [1.807, 2.05) is 35.2 Å². The highest BCUT2D eigenvalue weighted by molar-refractivity contribution is 5.87. The third kappa shape index (κ3) is 3.47. The maximum absolute atomic E-state index is 13.4. The molecule has 1 saturated carbocycles. The Bertz CT molecular complexity index is 892. The molecule has 4 nitrogen and oxygen atoms in total. The summed E-state index contributed by atoms with van der Waals surface area (Å²) in [5, 5.41) is 2.79. The predicted octanol–water partition coefficient (Wildman–Crippen LogP) is 3.22. The molecule has 1 fully saturated rings. The molecule has 0 aliphatic heterocycles. The van der Waals surface area contributed by atoms with Gasteiger partial charge in [-0.25, -0.2) is 0 Å². The van der Waals surface area contributed by atoms with Crippen molar-refractivity contribution < 1.29 is 9.59 Å². The van der Waals surface area contributed by atoms with Gasteiger partial charge in [0.15, 0.2) is 0 Å². The number of aryl methyl sites for hydroxylation is 1. The monoisotopic (exact) mass is 374 g/mol. The lowest BCUT2D eigenvalue weighted by Crippen LogP contribution is -2.39. The van der Waals surface area contributed by atoms with Crippen LogP contribution in [-0.2, 0) is 28.0 Å². The van der Waals surface area contributed by atoms with Crippen molar-refractivity contribution in [1.29, 1.82) is 0 Å². The number of hydrogen-bond acceptors (Lipinski definition) is 2. The number of nitrogens with zero attached hydrogens (tertiary/aromatic N) is 1. The molecule has 0 heterocycles. The van der Waals surface area contributed by atoms with E-state index in [1.54, 1.807) is 0 Å². The van der Waals surface area contributed by atoms with E-state index in [9.17, 15) is 9.59 Å². The largest absolute Gasteiger partial charge is 0.351 e. The third-order valence-electron chi connectivity index (χ3n) is 6.16. The van der Waals surface area contributed by atoms with E-state index in [2.05, 4.69) is 36.2 Å². The van der Waals surface area contributed by atoms with Crippen molar-refractivity contribution in [2.24, 2.45) is 5.92 Å². The number of carbonyl (C=O) groups is 2. The molecule has 1 N–H and O–H groups in total. The Labute approximate surface area is 166 Å². The third-order valence-corrected chi connectivity index (χ3v) is 6.16. The second-order valence-electron chi connectivity index (χ2n) is 7.81. The molecule has 0 radical (unpaired) electrons. The van der Waals surface area contributed by atoms with Crippen LogP contribution in [0.4, 0.5) is 0 Å². The van der Waals surface area contributed by atoms with Gasteiger partial charge in [-0.3, -0.25) is 9.59 Å². The summed E-state index contributed by atoms with van der Waals surface area (Å²) in [7, 11) is 0. The lowest BCUT2D eigenvalue weighted by Gasteiger charge is -2.24. The Kier molecular flexibility index (Phi) is 5.03. The Morgan fingerprint density at radius 2 is 1.89 bits per heavy atom. The number of rotatable bonds is 7. The molecule has 4 heteroatoms. The predicted molar refractivity (Wildman–Crippen MR) is 110 cm³/mol. The average Bonchev–Trinajstić information content (AvgIpc) is 3.35. The van der Waals surface area contributed by atoms with Crippen LogP contribution in [0.25, 0.3) is 0 Å². The van der Waals surface area contributed by atoms with Crippen LogP contribution in [0.1, 0.15) is 29.5 Å². The highest BCUT2D eigenvalue weighted by atomic mass is 16.2. The zero-order valence-corrected chi connectivity index (χ0v) is 16.1. The van der Waals surface area contributed by atoms with Crippen molar-refractivity contribution >= 4 is 11.8 Å². The molecule has 4 rings (SSSR count). The molecule has 2 amide bonds. The van der Waals surface area contributed by atoms with Crippen LogP contribution >= 0.6 is 0 Å². The fourth-order valence-corrected chi connectivity index (χ4v) is 4.60. The van der Waals surface area contributed by atoms with Crippen molar-refractivity contribution in [3.8, 4) is 0 Å². The first-order valence-corrected chi connectivity index (χ1v) is 9.95. The SMILES string of the molecule is C=CC(=O)NCCN(Cc1ccccc1)C(=O)C1CC12CCc1ccccc12. The Morgan fingerprint density at radius 3 is 2.68 bits per heavy atom. The van der Waals surface area contributed by atoms with E-state index >= 15 is 0 Å². The summed E-state index contributed by atoms with van der Waals surface area (Å²) in [6.07, 6.45) is 4.32. The van der Waals surface area contributed by atoms with Crippen molar-refractivity contribution in [2.75, 3.05) is 13.1 Å². The first-order valence-electron chi connectivity index (χ1n) is 9.95. The van der Waals surface area contributed by atoms with Gasteiger partial charge in [-0.2, -0.15) is 0 Å². The van der Waals surface area contributed by atoms with Crippen LogP contribution in [0.3, 0.4) is 0 Å². The lowest BCUT2D eigenvalue weighted by atomic mass is 9.95. The summed E-state index contributed by atoms with van der Waals surface area (Å²) >= 11 is 0. The minimum Gasteiger partial charge on any atom is -0.351 e. The number of carbonyl (C=O) groups excluding carboxylic acids is 2. The van der Waals surface area contributed by atoms with Crippen LogP contribution in [-0.4, -0.2) is 29.8 Å². The van der Waals surface area contributed by atoms with Crippen LogP contribution < -0.4 is 5.32 Å². The standard InChI is InChI=1S/C24H26N2O2/c1-2-22(27)25-14-15-26(17-18-8-4-3-5-9-18)23(28)21-16-24(21)13-12-19-10-6-7-11-20(19)24/h2-11,21H,1,12-17H2,(H,25,27). The highest BCUT2D eigenvalue weighted by Crippen LogP contribution is 2.62. The molecule has 0 aromatic heterocycles. The Balaban J connectivity index is 1.49. The van der Waals surface area contributed by atoms with Crippen molar-refractivity contribution in [1.82, 2.24) is 10.2 Å². The molecule has 2 aliphatic rings.